The Morgan fingerprint density at radius 1 is 1.00 bits per heavy atom. The van der Waals surface area contributed by atoms with E-state index in [-0.39, 0.29) is 24.4 Å². The Hall–Kier alpha value is -3.81. The van der Waals surface area contributed by atoms with Gasteiger partial charge in [0.05, 0.1) is 36.7 Å². The Morgan fingerprint density at radius 3 is 2.61 bits per heavy atom. The zero-order valence-electron chi connectivity index (χ0n) is 18.2. The van der Waals surface area contributed by atoms with Crippen molar-refractivity contribution >= 4 is 22.6 Å². The zero-order valence-corrected chi connectivity index (χ0v) is 18.2. The van der Waals surface area contributed by atoms with E-state index >= 15 is 0 Å². The highest BCUT2D eigenvalue weighted by Gasteiger charge is 2.18. The smallest absolute Gasteiger partial charge is 0.188 e. The Labute approximate surface area is 190 Å². The summed E-state index contributed by atoms with van der Waals surface area (Å²) in [5, 5.41) is 0. The monoisotopic (exact) mass is 443 g/mol. The molecule has 0 spiro atoms. The Kier molecular flexibility index (Phi) is 5.97. The van der Waals surface area contributed by atoms with Crippen molar-refractivity contribution < 1.29 is 14.3 Å². The Morgan fingerprint density at radius 2 is 1.85 bits per heavy atom. The number of aromatic amines is 2. The summed E-state index contributed by atoms with van der Waals surface area (Å²) >= 11 is 0. The molecular weight excluding hydrogens is 418 g/mol. The second-order valence-corrected chi connectivity index (χ2v) is 8.46. The first-order valence-corrected chi connectivity index (χ1v) is 11.3. The zero-order chi connectivity index (χ0) is 22.6. The molecular formula is C25H25N5O3. The fourth-order valence-corrected chi connectivity index (χ4v) is 4.30. The average molecular weight is 444 g/mol. The van der Waals surface area contributed by atoms with Crippen LogP contribution in [-0.2, 0) is 12.8 Å². The van der Waals surface area contributed by atoms with Crippen LogP contribution in [0.2, 0.25) is 0 Å². The molecule has 1 fully saturated rings. The number of aromatic nitrogens is 5. The number of imidazole rings is 2. The van der Waals surface area contributed by atoms with Crippen LogP contribution in [0.3, 0.4) is 0 Å². The van der Waals surface area contributed by atoms with Crippen LogP contribution >= 0.6 is 0 Å². The summed E-state index contributed by atoms with van der Waals surface area (Å²) in [4.78, 5) is 44.5. The minimum Gasteiger partial charge on any atom is -0.492 e. The molecule has 0 radical (unpaired) electrons. The number of hydrogen-bond acceptors (Lipinski definition) is 6. The summed E-state index contributed by atoms with van der Waals surface area (Å²) in [5.41, 5.74) is 2.13. The van der Waals surface area contributed by atoms with Crippen LogP contribution in [0.1, 0.15) is 58.2 Å². The molecule has 0 saturated heterocycles. The number of nitrogens with one attached hydrogen (secondary N) is 2. The third-order valence-corrected chi connectivity index (χ3v) is 6.06. The number of ether oxygens (including phenoxy) is 1. The van der Waals surface area contributed by atoms with Crippen molar-refractivity contribution in [3.8, 4) is 5.75 Å². The lowest BCUT2D eigenvalue weighted by Crippen LogP contribution is -2.10. The van der Waals surface area contributed by atoms with E-state index in [0.717, 1.165) is 0 Å². The number of carbonyl (C=O) groups is 2. The summed E-state index contributed by atoms with van der Waals surface area (Å²) in [6, 6.07) is 8.86. The molecule has 168 valence electrons. The molecule has 0 amide bonds. The highest BCUT2D eigenvalue weighted by Crippen LogP contribution is 2.25. The predicted molar refractivity (Wildman–Crippen MR) is 122 cm³/mol. The summed E-state index contributed by atoms with van der Waals surface area (Å²) in [6.07, 6.45) is 10.1. The molecule has 1 aliphatic rings. The van der Waals surface area contributed by atoms with Gasteiger partial charge in [0.2, 0.25) is 0 Å². The molecule has 5 rings (SSSR count). The lowest BCUT2D eigenvalue weighted by molar-refractivity contribution is 0.0981. The maximum absolute atomic E-state index is 12.8. The Bertz CT molecular complexity index is 1260. The third-order valence-electron chi connectivity index (χ3n) is 6.06. The van der Waals surface area contributed by atoms with Crippen molar-refractivity contribution in [3.63, 3.8) is 0 Å². The van der Waals surface area contributed by atoms with E-state index in [9.17, 15) is 9.59 Å². The van der Waals surface area contributed by atoms with Crippen LogP contribution in [-0.4, -0.2) is 43.1 Å². The van der Waals surface area contributed by atoms with Crippen molar-refractivity contribution in [2.24, 2.45) is 5.92 Å². The maximum atomic E-state index is 12.8. The van der Waals surface area contributed by atoms with Crippen LogP contribution in [0.25, 0.3) is 11.0 Å². The van der Waals surface area contributed by atoms with Gasteiger partial charge in [-0.3, -0.25) is 9.59 Å². The first-order chi connectivity index (χ1) is 16.2. The fraction of sp³-hybridized carbons (Fsp3) is 0.320. The van der Waals surface area contributed by atoms with E-state index in [1.165, 1.54) is 25.7 Å². The first-order valence-electron chi connectivity index (χ1n) is 11.3. The molecule has 0 unspecified atom stereocenters. The lowest BCUT2D eigenvalue weighted by atomic mass is 10.1. The third kappa shape index (κ3) is 4.84. The minimum absolute atomic E-state index is 0.0653. The first kappa shape index (κ1) is 21.1. The van der Waals surface area contributed by atoms with Gasteiger partial charge in [-0.15, -0.1) is 0 Å². The number of pyridine rings is 1. The molecule has 33 heavy (non-hydrogen) atoms. The van der Waals surface area contributed by atoms with Crippen LogP contribution < -0.4 is 4.74 Å². The SMILES string of the molecule is O=C(Cc1nc2c(C(=O)Cc3ncc[nH]3)cccc2[nH]1)c1ccc(OCC2CCCC2)cn1. The number of hydrogen-bond donors (Lipinski definition) is 2. The van der Waals surface area contributed by atoms with E-state index < -0.39 is 0 Å². The number of fused-ring (bicyclic) bond motifs is 1. The van der Waals surface area contributed by atoms with Gasteiger partial charge in [0, 0.05) is 18.0 Å². The van der Waals surface area contributed by atoms with Crippen LogP contribution in [0.4, 0.5) is 0 Å². The molecule has 3 aromatic heterocycles. The van der Waals surface area contributed by atoms with E-state index in [4.69, 9.17) is 4.74 Å². The van der Waals surface area contributed by atoms with Crippen molar-refractivity contribution in [2.75, 3.05) is 6.61 Å². The normalized spacial score (nSPS) is 14.1. The van der Waals surface area contributed by atoms with E-state index in [1.54, 1.807) is 42.9 Å². The standard InChI is InChI=1S/C25H25N5O3/c31-21(12-23-26-10-11-27-23)18-6-3-7-20-25(18)30-24(29-20)13-22(32)19-9-8-17(14-28-19)33-15-16-4-1-2-5-16/h3,6-11,14,16H,1-2,4-5,12-13,15H2,(H,26,27)(H,29,30). The van der Waals surface area contributed by atoms with Crippen molar-refractivity contribution in [1.82, 2.24) is 24.9 Å². The van der Waals surface area contributed by atoms with Gasteiger partial charge in [-0.1, -0.05) is 18.9 Å². The highest BCUT2D eigenvalue weighted by atomic mass is 16.5. The molecule has 3 heterocycles. The number of Topliss-reactive ketones (excluding diaryl/α,β-unsaturated/α-hetero) is 2. The summed E-state index contributed by atoms with van der Waals surface area (Å²) in [6.45, 7) is 0.703. The fourth-order valence-electron chi connectivity index (χ4n) is 4.30. The molecule has 0 bridgehead atoms. The van der Waals surface area contributed by atoms with Gasteiger partial charge in [-0.2, -0.15) is 0 Å². The number of H-pyrrole nitrogens is 2. The van der Waals surface area contributed by atoms with Crippen LogP contribution in [0, 0.1) is 5.92 Å². The van der Waals surface area contributed by atoms with Gasteiger partial charge in [-0.05, 0) is 43.0 Å². The second-order valence-electron chi connectivity index (χ2n) is 8.46. The summed E-state index contributed by atoms with van der Waals surface area (Å²) in [5.74, 6) is 2.16. The molecule has 2 N–H and O–H groups in total. The Balaban J connectivity index is 1.26. The number of ketones is 2. The largest absolute Gasteiger partial charge is 0.492 e. The van der Waals surface area contributed by atoms with E-state index in [0.29, 0.717) is 52.2 Å². The molecule has 1 aliphatic carbocycles. The minimum atomic E-state index is -0.153. The van der Waals surface area contributed by atoms with Gasteiger partial charge in [0.1, 0.15) is 23.1 Å². The van der Waals surface area contributed by atoms with Crippen molar-refractivity contribution in [1.29, 1.82) is 0 Å². The van der Waals surface area contributed by atoms with Gasteiger partial charge in [-0.25, -0.2) is 15.0 Å². The quantitative estimate of drug-likeness (QED) is 0.377. The topological polar surface area (TPSA) is 114 Å². The average Bonchev–Trinajstić information content (AvgIpc) is 3.59. The van der Waals surface area contributed by atoms with Gasteiger partial charge >= 0.3 is 0 Å². The number of rotatable bonds is 9. The molecule has 8 heteroatoms. The van der Waals surface area contributed by atoms with Crippen LogP contribution in [0.15, 0.2) is 48.9 Å². The van der Waals surface area contributed by atoms with E-state index in [1.807, 2.05) is 6.07 Å². The van der Waals surface area contributed by atoms with Gasteiger partial charge in [0.15, 0.2) is 11.6 Å². The van der Waals surface area contributed by atoms with Gasteiger partial charge < -0.3 is 14.7 Å². The van der Waals surface area contributed by atoms with Crippen molar-refractivity contribution in [2.45, 2.75) is 38.5 Å². The number of para-hydroxylation sites is 1. The van der Waals surface area contributed by atoms with E-state index in [2.05, 4.69) is 24.9 Å². The maximum Gasteiger partial charge on any atom is 0.188 e. The van der Waals surface area contributed by atoms with Gasteiger partial charge in [0.25, 0.3) is 0 Å². The predicted octanol–water partition coefficient (Wildman–Crippen LogP) is 4.10. The summed E-state index contributed by atoms with van der Waals surface area (Å²) < 4.78 is 5.82. The molecule has 4 aromatic rings. The molecule has 1 aromatic carbocycles. The number of benzene rings is 1. The number of nitrogens with zero attached hydrogens (tertiary/aromatic N) is 3. The molecule has 0 atom stereocenters. The molecule has 1 saturated carbocycles. The second kappa shape index (κ2) is 9.36. The highest BCUT2D eigenvalue weighted by molar-refractivity contribution is 6.07. The van der Waals surface area contributed by atoms with Crippen LogP contribution in [0.5, 0.6) is 5.75 Å². The molecule has 8 nitrogen and oxygen atoms in total. The number of carbonyl (C=O) groups excluding carboxylic acids is 2. The molecule has 0 aliphatic heterocycles. The summed E-state index contributed by atoms with van der Waals surface area (Å²) in [7, 11) is 0. The van der Waals surface area contributed by atoms with Crippen molar-refractivity contribution in [3.05, 3.63) is 71.8 Å². The lowest BCUT2D eigenvalue weighted by Gasteiger charge is -2.11.